The molecule has 0 saturated carbocycles. The summed E-state index contributed by atoms with van der Waals surface area (Å²) in [6.45, 7) is 9.96. The van der Waals surface area contributed by atoms with Gasteiger partial charge in [0.25, 0.3) is 0 Å². The lowest BCUT2D eigenvalue weighted by atomic mass is 10.1. The fourth-order valence-corrected chi connectivity index (χ4v) is 1.20. The quantitative estimate of drug-likeness (QED) is 0.712. The van der Waals surface area contributed by atoms with E-state index >= 15 is 0 Å². The average molecular weight is 224 g/mol. The molecule has 0 spiro atoms. The highest BCUT2D eigenvalue weighted by Crippen LogP contribution is 2.24. The first-order valence-corrected chi connectivity index (χ1v) is 5.22. The lowest BCUT2D eigenvalue weighted by Crippen LogP contribution is -2.31. The maximum Gasteiger partial charge on any atom is 0.159 e. The second kappa shape index (κ2) is 5.01. The van der Waals surface area contributed by atoms with E-state index in [9.17, 15) is 4.39 Å². The van der Waals surface area contributed by atoms with Crippen LogP contribution in [-0.4, -0.2) is 12.2 Å². The minimum absolute atomic E-state index is 0.284. The summed E-state index contributed by atoms with van der Waals surface area (Å²) < 4.78 is 23.7. The molecule has 0 aromatic heterocycles. The van der Waals surface area contributed by atoms with Gasteiger partial charge in [-0.1, -0.05) is 6.58 Å². The van der Waals surface area contributed by atoms with Crippen molar-refractivity contribution in [2.75, 3.05) is 6.61 Å². The van der Waals surface area contributed by atoms with Gasteiger partial charge < -0.3 is 9.47 Å². The van der Waals surface area contributed by atoms with Crippen LogP contribution in [0.15, 0.2) is 36.6 Å². The van der Waals surface area contributed by atoms with Crippen molar-refractivity contribution >= 4 is 0 Å². The Morgan fingerprint density at radius 2 is 1.88 bits per heavy atom. The highest BCUT2D eigenvalue weighted by Gasteiger charge is 2.25. The molecule has 0 aliphatic carbocycles. The van der Waals surface area contributed by atoms with Gasteiger partial charge in [-0.15, -0.1) is 0 Å². The summed E-state index contributed by atoms with van der Waals surface area (Å²) in [5, 5.41) is 0. The largest absolute Gasteiger partial charge is 0.495 e. The van der Waals surface area contributed by atoms with Gasteiger partial charge in [-0.25, -0.2) is 4.39 Å². The number of benzene rings is 1. The zero-order chi connectivity index (χ0) is 12.2. The maximum absolute atomic E-state index is 12.7. The summed E-state index contributed by atoms with van der Waals surface area (Å²) in [5.41, 5.74) is -0.631. The second-order valence-corrected chi connectivity index (χ2v) is 3.92. The van der Waals surface area contributed by atoms with E-state index in [0.29, 0.717) is 18.1 Å². The monoisotopic (exact) mass is 224 g/mol. The fraction of sp³-hybridized carbons (Fsp3) is 0.385. The highest BCUT2D eigenvalue weighted by molar-refractivity contribution is 5.24. The third-order valence-electron chi connectivity index (χ3n) is 2.18. The fourth-order valence-electron chi connectivity index (χ4n) is 1.20. The van der Waals surface area contributed by atoms with Crippen molar-refractivity contribution in [2.24, 2.45) is 0 Å². The normalized spacial score (nSPS) is 11.0. The second-order valence-electron chi connectivity index (χ2n) is 3.92. The number of rotatable bonds is 5. The topological polar surface area (TPSA) is 18.5 Å². The smallest absolute Gasteiger partial charge is 0.159 e. The summed E-state index contributed by atoms with van der Waals surface area (Å²) in [6, 6.07) is 5.87. The van der Waals surface area contributed by atoms with Crippen LogP contribution in [-0.2, 0) is 4.74 Å². The third-order valence-corrected chi connectivity index (χ3v) is 2.18. The first kappa shape index (κ1) is 12.6. The molecule has 0 radical (unpaired) electrons. The lowest BCUT2D eigenvalue weighted by molar-refractivity contribution is 0.0642. The van der Waals surface area contributed by atoms with Crippen LogP contribution in [0.4, 0.5) is 4.39 Å². The summed E-state index contributed by atoms with van der Waals surface area (Å²) in [6.07, 6.45) is 0. The Morgan fingerprint density at radius 3 is 2.38 bits per heavy atom. The number of halogens is 1. The third kappa shape index (κ3) is 3.26. The van der Waals surface area contributed by atoms with Gasteiger partial charge in [-0.05, 0) is 45.0 Å². The molecular weight excluding hydrogens is 207 g/mol. The van der Waals surface area contributed by atoms with Crippen LogP contribution >= 0.6 is 0 Å². The Bertz CT molecular complexity index is 355. The van der Waals surface area contributed by atoms with Crippen LogP contribution in [0.1, 0.15) is 20.8 Å². The number of ether oxygens (including phenoxy) is 2. The Hall–Kier alpha value is -1.51. The van der Waals surface area contributed by atoms with E-state index in [-0.39, 0.29) is 5.82 Å². The molecule has 0 aliphatic heterocycles. The van der Waals surface area contributed by atoms with Gasteiger partial charge in [0.2, 0.25) is 0 Å². The average Bonchev–Trinajstić information content (AvgIpc) is 2.21. The van der Waals surface area contributed by atoms with E-state index < -0.39 is 5.60 Å². The predicted octanol–water partition coefficient (Wildman–Crippen LogP) is 3.53. The van der Waals surface area contributed by atoms with Gasteiger partial charge in [-0.2, -0.15) is 0 Å². The van der Waals surface area contributed by atoms with Gasteiger partial charge in [0.05, 0.1) is 6.61 Å². The standard InChI is InChI=1S/C13H17FO2/c1-5-15-10(2)13(3,4)16-12-8-6-11(14)7-9-12/h6-9H,2,5H2,1,3-4H3. The van der Waals surface area contributed by atoms with Crippen LogP contribution < -0.4 is 4.74 Å². The minimum Gasteiger partial charge on any atom is -0.495 e. The number of hydrogen-bond acceptors (Lipinski definition) is 2. The molecule has 16 heavy (non-hydrogen) atoms. The van der Waals surface area contributed by atoms with Crippen LogP contribution in [0.2, 0.25) is 0 Å². The first-order chi connectivity index (χ1) is 7.45. The van der Waals surface area contributed by atoms with Crippen LogP contribution in [0.3, 0.4) is 0 Å². The van der Waals surface area contributed by atoms with E-state index in [1.807, 2.05) is 20.8 Å². The molecular formula is C13H17FO2. The lowest BCUT2D eigenvalue weighted by Gasteiger charge is -2.28. The SMILES string of the molecule is C=C(OCC)C(C)(C)Oc1ccc(F)cc1. The van der Waals surface area contributed by atoms with Crippen molar-refractivity contribution in [1.29, 1.82) is 0 Å². The van der Waals surface area contributed by atoms with Gasteiger partial charge in [0.15, 0.2) is 5.60 Å². The van der Waals surface area contributed by atoms with E-state index in [2.05, 4.69) is 6.58 Å². The van der Waals surface area contributed by atoms with Crippen molar-refractivity contribution < 1.29 is 13.9 Å². The minimum atomic E-state index is -0.631. The number of hydrogen-bond donors (Lipinski definition) is 0. The van der Waals surface area contributed by atoms with Crippen molar-refractivity contribution in [3.63, 3.8) is 0 Å². The van der Waals surface area contributed by atoms with Crippen molar-refractivity contribution in [3.8, 4) is 5.75 Å². The van der Waals surface area contributed by atoms with E-state index in [1.54, 1.807) is 12.1 Å². The first-order valence-electron chi connectivity index (χ1n) is 5.22. The molecule has 1 rings (SSSR count). The Kier molecular flexibility index (Phi) is 3.93. The summed E-state index contributed by atoms with van der Waals surface area (Å²) in [4.78, 5) is 0. The molecule has 0 fully saturated rings. The molecule has 0 bridgehead atoms. The molecule has 88 valence electrons. The highest BCUT2D eigenvalue weighted by atomic mass is 19.1. The van der Waals surface area contributed by atoms with E-state index in [4.69, 9.17) is 9.47 Å². The van der Waals surface area contributed by atoms with Gasteiger partial charge in [-0.3, -0.25) is 0 Å². The molecule has 0 heterocycles. The van der Waals surface area contributed by atoms with Gasteiger partial charge in [0, 0.05) is 0 Å². The molecule has 0 unspecified atom stereocenters. The summed E-state index contributed by atoms with van der Waals surface area (Å²) >= 11 is 0. The van der Waals surface area contributed by atoms with Crippen LogP contribution in [0, 0.1) is 5.82 Å². The molecule has 1 aromatic rings. The van der Waals surface area contributed by atoms with Crippen LogP contribution in [0.5, 0.6) is 5.75 Å². The molecule has 0 aliphatic rings. The van der Waals surface area contributed by atoms with Gasteiger partial charge >= 0.3 is 0 Å². The molecule has 0 atom stereocenters. The molecule has 0 N–H and O–H groups in total. The van der Waals surface area contributed by atoms with Crippen molar-refractivity contribution in [3.05, 3.63) is 42.4 Å². The molecule has 0 saturated heterocycles. The van der Waals surface area contributed by atoms with Crippen molar-refractivity contribution in [2.45, 2.75) is 26.4 Å². The molecule has 1 aromatic carbocycles. The molecule has 3 heteroatoms. The van der Waals surface area contributed by atoms with Gasteiger partial charge in [0.1, 0.15) is 17.3 Å². The Labute approximate surface area is 95.7 Å². The zero-order valence-corrected chi connectivity index (χ0v) is 9.92. The molecule has 2 nitrogen and oxygen atoms in total. The van der Waals surface area contributed by atoms with E-state index in [0.717, 1.165) is 0 Å². The molecule has 0 amide bonds. The Morgan fingerprint density at radius 1 is 1.31 bits per heavy atom. The summed E-state index contributed by atoms with van der Waals surface area (Å²) in [7, 11) is 0. The van der Waals surface area contributed by atoms with Crippen LogP contribution in [0.25, 0.3) is 0 Å². The predicted molar refractivity (Wildman–Crippen MR) is 61.9 cm³/mol. The van der Waals surface area contributed by atoms with E-state index in [1.165, 1.54) is 12.1 Å². The maximum atomic E-state index is 12.7. The van der Waals surface area contributed by atoms with Crippen molar-refractivity contribution in [1.82, 2.24) is 0 Å². The zero-order valence-electron chi connectivity index (χ0n) is 9.92. The Balaban J connectivity index is 2.72. The summed E-state index contributed by atoms with van der Waals surface area (Å²) in [5.74, 6) is 0.861.